The molecule has 2 aromatic rings. The highest BCUT2D eigenvalue weighted by Crippen LogP contribution is 2.17. The number of amides is 1. The molecule has 1 atom stereocenters. The molecule has 4 N–H and O–H groups in total. The van der Waals surface area contributed by atoms with Crippen molar-refractivity contribution >= 4 is 17.4 Å². The monoisotopic (exact) mass is 368 g/mol. The third-order valence-corrected chi connectivity index (χ3v) is 4.19. The molecule has 0 saturated heterocycles. The first-order valence-electron chi connectivity index (χ1n) is 9.05. The first-order chi connectivity index (χ1) is 12.9. The standard InChI is InChI=1S/C21H28N4O2/c1-4-6-19(27-18-8-5-7-16(13-18)20(22)23)21(26)24-14-15-9-11-17(12-10-15)25(2)3/h5,7-13,19H,4,6,14H2,1-3H3,(H3,22,23)(H,24,26). The Bertz CT molecular complexity index is 772. The molecule has 6 nitrogen and oxygen atoms in total. The third-order valence-electron chi connectivity index (χ3n) is 4.19. The van der Waals surface area contributed by atoms with E-state index >= 15 is 0 Å². The van der Waals surface area contributed by atoms with Crippen LogP contribution in [0, 0.1) is 5.41 Å². The molecule has 6 heteroatoms. The maximum atomic E-state index is 12.6. The highest BCUT2D eigenvalue weighted by atomic mass is 16.5. The summed E-state index contributed by atoms with van der Waals surface area (Å²) in [5.41, 5.74) is 8.24. The summed E-state index contributed by atoms with van der Waals surface area (Å²) in [5, 5.41) is 10.5. The third kappa shape index (κ3) is 6.02. The van der Waals surface area contributed by atoms with Gasteiger partial charge in [-0.15, -0.1) is 0 Å². The van der Waals surface area contributed by atoms with E-state index in [-0.39, 0.29) is 11.7 Å². The molecule has 0 spiro atoms. The van der Waals surface area contributed by atoms with Crippen molar-refractivity contribution in [2.75, 3.05) is 19.0 Å². The van der Waals surface area contributed by atoms with Gasteiger partial charge in [0.15, 0.2) is 6.10 Å². The Morgan fingerprint density at radius 2 is 1.93 bits per heavy atom. The van der Waals surface area contributed by atoms with Gasteiger partial charge < -0.3 is 20.7 Å². The summed E-state index contributed by atoms with van der Waals surface area (Å²) in [7, 11) is 3.98. The molecule has 2 rings (SSSR count). The predicted octanol–water partition coefficient (Wildman–Crippen LogP) is 2.90. The molecule has 0 aliphatic carbocycles. The van der Waals surface area contributed by atoms with Crippen LogP contribution in [-0.2, 0) is 11.3 Å². The number of carbonyl (C=O) groups excluding carboxylic acids is 1. The quantitative estimate of drug-likeness (QED) is 0.469. The number of benzene rings is 2. The van der Waals surface area contributed by atoms with Gasteiger partial charge in [0.1, 0.15) is 11.6 Å². The fourth-order valence-electron chi connectivity index (χ4n) is 2.62. The molecule has 27 heavy (non-hydrogen) atoms. The van der Waals surface area contributed by atoms with E-state index in [9.17, 15) is 4.79 Å². The molecule has 0 aromatic heterocycles. The second kappa shape index (κ2) is 9.62. The van der Waals surface area contributed by atoms with Crippen molar-refractivity contribution in [1.29, 1.82) is 5.41 Å². The van der Waals surface area contributed by atoms with Gasteiger partial charge in [-0.25, -0.2) is 0 Å². The van der Waals surface area contributed by atoms with Gasteiger partial charge in [-0.2, -0.15) is 0 Å². The zero-order valence-corrected chi connectivity index (χ0v) is 16.2. The molecule has 1 amide bonds. The molecule has 0 saturated carbocycles. The van der Waals surface area contributed by atoms with Gasteiger partial charge in [0, 0.05) is 31.9 Å². The van der Waals surface area contributed by atoms with E-state index in [0.29, 0.717) is 24.3 Å². The molecule has 0 bridgehead atoms. The Labute approximate surface area is 160 Å². The second-order valence-corrected chi connectivity index (χ2v) is 6.62. The Morgan fingerprint density at radius 1 is 1.22 bits per heavy atom. The lowest BCUT2D eigenvalue weighted by atomic mass is 10.1. The van der Waals surface area contributed by atoms with E-state index in [1.54, 1.807) is 24.3 Å². The maximum absolute atomic E-state index is 12.6. The summed E-state index contributed by atoms with van der Waals surface area (Å²) >= 11 is 0. The smallest absolute Gasteiger partial charge is 0.261 e. The average Bonchev–Trinajstić information content (AvgIpc) is 2.66. The number of nitrogen functional groups attached to an aromatic ring is 1. The van der Waals surface area contributed by atoms with Crippen LogP contribution in [0.1, 0.15) is 30.9 Å². The molecule has 0 fully saturated rings. The number of nitrogens with two attached hydrogens (primary N) is 1. The summed E-state index contributed by atoms with van der Waals surface area (Å²) in [6.07, 6.45) is 0.843. The number of nitrogens with one attached hydrogen (secondary N) is 2. The van der Waals surface area contributed by atoms with Crippen molar-refractivity contribution in [3.8, 4) is 5.75 Å². The minimum absolute atomic E-state index is 0.0295. The van der Waals surface area contributed by atoms with Crippen LogP contribution in [0.2, 0.25) is 0 Å². The van der Waals surface area contributed by atoms with Gasteiger partial charge in [-0.3, -0.25) is 10.2 Å². The molecule has 0 radical (unpaired) electrons. The summed E-state index contributed by atoms with van der Waals surface area (Å²) in [5.74, 6) is 0.353. The van der Waals surface area contributed by atoms with Crippen molar-refractivity contribution in [2.45, 2.75) is 32.4 Å². The summed E-state index contributed by atoms with van der Waals surface area (Å²) in [6, 6.07) is 15.0. The number of nitrogens with zero attached hydrogens (tertiary/aromatic N) is 1. The number of hydrogen-bond acceptors (Lipinski definition) is 4. The number of rotatable bonds is 9. The van der Waals surface area contributed by atoms with E-state index in [4.69, 9.17) is 15.9 Å². The van der Waals surface area contributed by atoms with E-state index in [1.807, 2.05) is 50.2 Å². The van der Waals surface area contributed by atoms with Gasteiger partial charge in [-0.1, -0.05) is 37.6 Å². The van der Waals surface area contributed by atoms with Gasteiger partial charge in [0.05, 0.1) is 0 Å². The predicted molar refractivity (Wildman–Crippen MR) is 109 cm³/mol. The molecule has 0 aliphatic heterocycles. The van der Waals surface area contributed by atoms with Crippen LogP contribution in [0.4, 0.5) is 5.69 Å². The van der Waals surface area contributed by atoms with Crippen LogP contribution in [0.15, 0.2) is 48.5 Å². The summed E-state index contributed by atoms with van der Waals surface area (Å²) < 4.78 is 5.88. The molecular formula is C21H28N4O2. The molecule has 2 aromatic carbocycles. The average molecular weight is 368 g/mol. The van der Waals surface area contributed by atoms with Crippen LogP contribution >= 0.6 is 0 Å². The molecular weight excluding hydrogens is 340 g/mol. The summed E-state index contributed by atoms with van der Waals surface area (Å²) in [6.45, 7) is 2.46. The van der Waals surface area contributed by atoms with Crippen LogP contribution < -0.4 is 20.7 Å². The highest BCUT2D eigenvalue weighted by Gasteiger charge is 2.19. The largest absolute Gasteiger partial charge is 0.481 e. The van der Waals surface area contributed by atoms with E-state index < -0.39 is 6.10 Å². The fraction of sp³-hybridized carbons (Fsp3) is 0.333. The zero-order valence-electron chi connectivity index (χ0n) is 16.2. The Balaban J connectivity index is 1.99. The summed E-state index contributed by atoms with van der Waals surface area (Å²) in [4.78, 5) is 14.6. The van der Waals surface area contributed by atoms with E-state index in [0.717, 1.165) is 17.7 Å². The second-order valence-electron chi connectivity index (χ2n) is 6.62. The molecule has 1 unspecified atom stereocenters. The normalized spacial score (nSPS) is 11.5. The van der Waals surface area contributed by atoms with Gasteiger partial charge in [0.2, 0.25) is 0 Å². The number of hydrogen-bond donors (Lipinski definition) is 3. The van der Waals surface area contributed by atoms with Crippen LogP contribution in [0.25, 0.3) is 0 Å². The lowest BCUT2D eigenvalue weighted by Crippen LogP contribution is -2.38. The molecule has 0 aliphatic rings. The number of carbonyl (C=O) groups is 1. The van der Waals surface area contributed by atoms with Crippen LogP contribution in [-0.4, -0.2) is 31.9 Å². The topological polar surface area (TPSA) is 91.4 Å². The minimum Gasteiger partial charge on any atom is -0.481 e. The van der Waals surface area contributed by atoms with E-state index in [1.165, 1.54) is 0 Å². The van der Waals surface area contributed by atoms with Crippen LogP contribution in [0.5, 0.6) is 5.75 Å². The lowest BCUT2D eigenvalue weighted by molar-refractivity contribution is -0.128. The van der Waals surface area contributed by atoms with Crippen molar-refractivity contribution in [3.05, 3.63) is 59.7 Å². The maximum Gasteiger partial charge on any atom is 0.261 e. The fourth-order valence-corrected chi connectivity index (χ4v) is 2.62. The van der Waals surface area contributed by atoms with E-state index in [2.05, 4.69) is 5.32 Å². The first kappa shape index (κ1) is 20.3. The number of amidine groups is 1. The lowest BCUT2D eigenvalue weighted by Gasteiger charge is -2.19. The SMILES string of the molecule is CCCC(Oc1cccc(C(=N)N)c1)C(=O)NCc1ccc(N(C)C)cc1. The Morgan fingerprint density at radius 3 is 2.52 bits per heavy atom. The first-order valence-corrected chi connectivity index (χ1v) is 9.05. The van der Waals surface area contributed by atoms with Crippen LogP contribution in [0.3, 0.4) is 0 Å². The minimum atomic E-state index is -0.585. The zero-order chi connectivity index (χ0) is 19.8. The molecule has 144 valence electrons. The highest BCUT2D eigenvalue weighted by molar-refractivity contribution is 5.95. The van der Waals surface area contributed by atoms with Crippen molar-refractivity contribution in [2.24, 2.45) is 5.73 Å². The van der Waals surface area contributed by atoms with Crippen molar-refractivity contribution in [1.82, 2.24) is 5.32 Å². The van der Waals surface area contributed by atoms with Gasteiger partial charge in [0.25, 0.3) is 5.91 Å². The van der Waals surface area contributed by atoms with Crippen molar-refractivity contribution < 1.29 is 9.53 Å². The number of ether oxygens (including phenoxy) is 1. The van der Waals surface area contributed by atoms with Gasteiger partial charge >= 0.3 is 0 Å². The molecule has 0 heterocycles. The Kier molecular flexibility index (Phi) is 7.23. The number of anilines is 1. The van der Waals surface area contributed by atoms with Gasteiger partial charge in [-0.05, 0) is 36.2 Å². The van der Waals surface area contributed by atoms with Crippen molar-refractivity contribution in [3.63, 3.8) is 0 Å². The Hall–Kier alpha value is -3.02.